The van der Waals surface area contributed by atoms with Crippen molar-refractivity contribution >= 4 is 23.2 Å². The summed E-state index contributed by atoms with van der Waals surface area (Å²) in [6.45, 7) is 4.48. The second-order valence-electron chi connectivity index (χ2n) is 6.47. The maximum atomic E-state index is 12.9. The molecule has 0 radical (unpaired) electrons. The van der Waals surface area contributed by atoms with Crippen LogP contribution in [0.2, 0.25) is 5.02 Å². The van der Waals surface area contributed by atoms with Gasteiger partial charge in [0.2, 0.25) is 5.91 Å². The van der Waals surface area contributed by atoms with Crippen molar-refractivity contribution in [2.24, 2.45) is 0 Å². The lowest BCUT2D eigenvalue weighted by Crippen LogP contribution is -2.49. The summed E-state index contributed by atoms with van der Waals surface area (Å²) in [6.07, 6.45) is 0.705. The van der Waals surface area contributed by atoms with Gasteiger partial charge in [0, 0.05) is 43.4 Å². The first-order valence-corrected chi connectivity index (χ1v) is 9.22. The fraction of sp³-hybridized carbons (Fsp3) is 0.350. The van der Waals surface area contributed by atoms with Crippen molar-refractivity contribution in [1.82, 2.24) is 10.2 Å². The molecule has 1 heterocycles. The first kappa shape index (κ1) is 18.7. The van der Waals surface area contributed by atoms with Crippen LogP contribution in [0.3, 0.4) is 0 Å². The minimum atomic E-state index is -0.240. The number of nitrogens with one attached hydrogen (secondary N) is 1. The van der Waals surface area contributed by atoms with Crippen molar-refractivity contribution in [3.63, 3.8) is 0 Å². The second kappa shape index (κ2) is 9.01. The van der Waals surface area contributed by atoms with Gasteiger partial charge in [-0.15, -0.1) is 0 Å². The zero-order chi connectivity index (χ0) is 18.4. The molecular weight excluding hydrogens is 353 g/mol. The van der Waals surface area contributed by atoms with E-state index in [9.17, 15) is 9.18 Å². The predicted octanol–water partition coefficient (Wildman–Crippen LogP) is 2.96. The van der Waals surface area contributed by atoms with Crippen molar-refractivity contribution in [2.75, 3.05) is 44.2 Å². The SMILES string of the molecule is O=C(CN1CCN(c2ccc(Cl)cc2)CC1)NCCc1ccc(F)cc1. The summed E-state index contributed by atoms with van der Waals surface area (Å²) in [5.74, 6) is -0.206. The van der Waals surface area contributed by atoms with Crippen LogP contribution in [-0.2, 0) is 11.2 Å². The van der Waals surface area contributed by atoms with Gasteiger partial charge in [0.15, 0.2) is 0 Å². The Bertz CT molecular complexity index is 713. The highest BCUT2D eigenvalue weighted by molar-refractivity contribution is 6.30. The molecule has 1 fully saturated rings. The number of benzene rings is 2. The van der Waals surface area contributed by atoms with E-state index in [2.05, 4.69) is 15.1 Å². The van der Waals surface area contributed by atoms with Crippen LogP contribution < -0.4 is 10.2 Å². The number of halogens is 2. The molecule has 0 aliphatic carbocycles. The maximum absolute atomic E-state index is 12.9. The lowest BCUT2D eigenvalue weighted by Gasteiger charge is -2.35. The van der Waals surface area contributed by atoms with Crippen LogP contribution in [0.15, 0.2) is 48.5 Å². The molecule has 26 heavy (non-hydrogen) atoms. The van der Waals surface area contributed by atoms with E-state index >= 15 is 0 Å². The fourth-order valence-electron chi connectivity index (χ4n) is 3.07. The standard InChI is InChI=1S/C20H23ClFN3O/c21-17-3-7-19(8-4-17)25-13-11-24(12-14-25)15-20(26)23-10-9-16-1-5-18(22)6-2-16/h1-8H,9-15H2,(H,23,26). The van der Waals surface area contributed by atoms with Gasteiger partial charge >= 0.3 is 0 Å². The number of carbonyl (C=O) groups excluding carboxylic acids is 1. The van der Waals surface area contributed by atoms with E-state index in [1.807, 2.05) is 24.3 Å². The minimum absolute atomic E-state index is 0.0343. The number of carbonyl (C=O) groups is 1. The van der Waals surface area contributed by atoms with Crippen LogP contribution in [0.5, 0.6) is 0 Å². The van der Waals surface area contributed by atoms with Gasteiger partial charge in [-0.25, -0.2) is 4.39 Å². The number of nitrogens with zero attached hydrogens (tertiary/aromatic N) is 2. The van der Waals surface area contributed by atoms with Gasteiger partial charge < -0.3 is 10.2 Å². The molecule has 2 aromatic carbocycles. The van der Waals surface area contributed by atoms with Gasteiger partial charge in [-0.1, -0.05) is 23.7 Å². The Morgan fingerprint density at radius 3 is 2.31 bits per heavy atom. The van der Waals surface area contributed by atoms with Gasteiger partial charge in [0.25, 0.3) is 0 Å². The third kappa shape index (κ3) is 5.44. The molecule has 6 heteroatoms. The van der Waals surface area contributed by atoms with E-state index in [1.54, 1.807) is 12.1 Å². The molecule has 1 aliphatic heterocycles. The fourth-order valence-corrected chi connectivity index (χ4v) is 3.20. The van der Waals surface area contributed by atoms with Crippen LogP contribution >= 0.6 is 11.6 Å². The molecule has 4 nitrogen and oxygen atoms in total. The zero-order valence-electron chi connectivity index (χ0n) is 14.6. The third-order valence-corrected chi connectivity index (χ3v) is 4.83. The van der Waals surface area contributed by atoms with Gasteiger partial charge in [-0.3, -0.25) is 9.69 Å². The lowest BCUT2D eigenvalue weighted by atomic mass is 10.1. The van der Waals surface area contributed by atoms with Gasteiger partial charge in [-0.05, 0) is 48.4 Å². The number of rotatable bonds is 6. The largest absolute Gasteiger partial charge is 0.369 e. The maximum Gasteiger partial charge on any atom is 0.234 e. The topological polar surface area (TPSA) is 35.6 Å². The van der Waals surface area contributed by atoms with E-state index in [4.69, 9.17) is 11.6 Å². The summed E-state index contributed by atoms with van der Waals surface area (Å²) in [5, 5.41) is 3.68. The summed E-state index contributed by atoms with van der Waals surface area (Å²) in [4.78, 5) is 16.6. The quantitative estimate of drug-likeness (QED) is 0.843. The molecule has 1 saturated heterocycles. The Morgan fingerprint density at radius 1 is 1.00 bits per heavy atom. The monoisotopic (exact) mass is 375 g/mol. The smallest absolute Gasteiger partial charge is 0.234 e. The van der Waals surface area contributed by atoms with E-state index in [0.717, 1.165) is 42.5 Å². The van der Waals surface area contributed by atoms with Gasteiger partial charge in [0.05, 0.1) is 6.54 Å². The lowest BCUT2D eigenvalue weighted by molar-refractivity contribution is -0.122. The number of anilines is 1. The predicted molar refractivity (Wildman–Crippen MR) is 103 cm³/mol. The van der Waals surface area contributed by atoms with Crippen molar-refractivity contribution in [2.45, 2.75) is 6.42 Å². The highest BCUT2D eigenvalue weighted by Crippen LogP contribution is 2.19. The highest BCUT2D eigenvalue weighted by atomic mass is 35.5. The highest BCUT2D eigenvalue weighted by Gasteiger charge is 2.19. The number of hydrogen-bond donors (Lipinski definition) is 1. The van der Waals surface area contributed by atoms with Crippen molar-refractivity contribution in [1.29, 1.82) is 0 Å². The summed E-state index contributed by atoms with van der Waals surface area (Å²) in [6, 6.07) is 14.2. The van der Waals surface area contributed by atoms with Crippen LogP contribution in [0.4, 0.5) is 10.1 Å². The normalized spacial score (nSPS) is 15.1. The molecule has 2 aromatic rings. The average molecular weight is 376 g/mol. The van der Waals surface area contributed by atoms with Gasteiger partial charge in [-0.2, -0.15) is 0 Å². The molecule has 1 amide bonds. The van der Waals surface area contributed by atoms with Crippen LogP contribution in [-0.4, -0.2) is 50.1 Å². The summed E-state index contributed by atoms with van der Waals surface area (Å²) in [5.41, 5.74) is 2.18. The molecule has 0 aromatic heterocycles. The summed E-state index contributed by atoms with van der Waals surface area (Å²) in [7, 11) is 0. The van der Waals surface area contributed by atoms with E-state index in [-0.39, 0.29) is 11.7 Å². The molecule has 0 saturated carbocycles. The Balaban J connectivity index is 1.36. The molecule has 1 aliphatic rings. The third-order valence-electron chi connectivity index (χ3n) is 4.58. The van der Waals surface area contributed by atoms with Gasteiger partial charge in [0.1, 0.15) is 5.82 Å². The number of piperazine rings is 1. The molecule has 3 rings (SSSR count). The van der Waals surface area contributed by atoms with E-state index in [1.165, 1.54) is 12.1 Å². The van der Waals surface area contributed by atoms with E-state index < -0.39 is 0 Å². The molecule has 1 N–H and O–H groups in total. The Kier molecular flexibility index (Phi) is 6.47. The molecule has 0 spiro atoms. The first-order valence-electron chi connectivity index (χ1n) is 8.84. The van der Waals surface area contributed by atoms with Crippen molar-refractivity contribution in [3.8, 4) is 0 Å². The summed E-state index contributed by atoms with van der Waals surface area (Å²) >= 11 is 5.93. The molecular formula is C20H23ClFN3O. The number of amides is 1. The number of hydrogen-bond acceptors (Lipinski definition) is 3. The average Bonchev–Trinajstić information content (AvgIpc) is 2.65. The molecule has 0 unspecified atom stereocenters. The summed E-state index contributed by atoms with van der Waals surface area (Å²) < 4.78 is 12.9. The molecule has 0 bridgehead atoms. The van der Waals surface area contributed by atoms with Crippen LogP contribution in [0, 0.1) is 5.82 Å². The van der Waals surface area contributed by atoms with Crippen molar-refractivity contribution < 1.29 is 9.18 Å². The minimum Gasteiger partial charge on any atom is -0.369 e. The van der Waals surface area contributed by atoms with E-state index in [0.29, 0.717) is 19.5 Å². The Labute approximate surface area is 158 Å². The molecule has 138 valence electrons. The zero-order valence-corrected chi connectivity index (χ0v) is 15.4. The first-order chi connectivity index (χ1) is 12.6. The van der Waals surface area contributed by atoms with Crippen LogP contribution in [0.1, 0.15) is 5.56 Å². The second-order valence-corrected chi connectivity index (χ2v) is 6.90. The van der Waals surface area contributed by atoms with Crippen LogP contribution in [0.25, 0.3) is 0 Å². The van der Waals surface area contributed by atoms with Crippen molar-refractivity contribution in [3.05, 3.63) is 64.9 Å². The Morgan fingerprint density at radius 2 is 1.65 bits per heavy atom. The Hall–Kier alpha value is -2.11. The molecule has 0 atom stereocenters.